The molecule has 0 aliphatic heterocycles. The molecule has 7 heteroatoms. The Balaban J connectivity index is 1.62. The molecule has 0 radical (unpaired) electrons. The fourth-order valence-electron chi connectivity index (χ4n) is 3.25. The standard InChI is InChI=1S/C17H24N4OS2/c1-3-21(13-8-5-4-6-9-13)16(22)12(2)24-17-18-15(19-20-17)14-10-7-11-23-14/h7,10-13H,3-6,8-9H2,1-2H3,(H,18,19,20)/t12-/m0/s1. The van der Waals surface area contributed by atoms with Crippen molar-refractivity contribution in [2.75, 3.05) is 6.54 Å². The molecule has 0 aromatic carbocycles. The van der Waals surface area contributed by atoms with Crippen molar-refractivity contribution in [2.45, 2.75) is 62.4 Å². The van der Waals surface area contributed by atoms with Gasteiger partial charge in [0.25, 0.3) is 0 Å². The Morgan fingerprint density at radius 3 is 2.92 bits per heavy atom. The van der Waals surface area contributed by atoms with E-state index in [1.165, 1.54) is 31.0 Å². The molecule has 2 heterocycles. The van der Waals surface area contributed by atoms with E-state index in [9.17, 15) is 4.79 Å². The Kier molecular flexibility index (Phi) is 5.94. The minimum Gasteiger partial charge on any atom is -0.339 e. The number of carbonyl (C=O) groups is 1. The first-order chi connectivity index (χ1) is 11.7. The predicted molar refractivity (Wildman–Crippen MR) is 99.3 cm³/mol. The van der Waals surface area contributed by atoms with Crippen LogP contribution < -0.4 is 0 Å². The number of nitrogens with one attached hydrogen (secondary N) is 1. The zero-order valence-corrected chi connectivity index (χ0v) is 15.8. The largest absolute Gasteiger partial charge is 0.339 e. The molecule has 3 rings (SSSR count). The maximum atomic E-state index is 12.9. The summed E-state index contributed by atoms with van der Waals surface area (Å²) in [5.74, 6) is 0.976. The van der Waals surface area contributed by atoms with Crippen molar-refractivity contribution in [2.24, 2.45) is 0 Å². The summed E-state index contributed by atoms with van der Waals surface area (Å²) in [4.78, 5) is 20.5. The predicted octanol–water partition coefficient (Wildman–Crippen LogP) is 4.20. The number of carbonyl (C=O) groups excluding carboxylic acids is 1. The second-order valence-electron chi connectivity index (χ2n) is 6.12. The SMILES string of the molecule is CCN(C(=O)[C@H](C)Sc1n[nH]c(-c2cccs2)n1)C1CCCCC1. The number of thiophene rings is 1. The first-order valence-corrected chi connectivity index (χ1v) is 10.4. The van der Waals surface area contributed by atoms with Crippen molar-refractivity contribution in [3.63, 3.8) is 0 Å². The monoisotopic (exact) mass is 364 g/mol. The number of rotatable bonds is 6. The lowest BCUT2D eigenvalue weighted by Gasteiger charge is -2.35. The second kappa shape index (κ2) is 8.16. The van der Waals surface area contributed by atoms with E-state index in [2.05, 4.69) is 27.0 Å². The minimum atomic E-state index is -0.168. The van der Waals surface area contributed by atoms with Crippen molar-refractivity contribution < 1.29 is 4.79 Å². The highest BCUT2D eigenvalue weighted by molar-refractivity contribution is 8.00. The number of H-pyrrole nitrogens is 1. The van der Waals surface area contributed by atoms with E-state index in [-0.39, 0.29) is 11.2 Å². The third-order valence-electron chi connectivity index (χ3n) is 4.49. The molecule has 130 valence electrons. The molecule has 0 unspecified atom stereocenters. The third kappa shape index (κ3) is 4.00. The van der Waals surface area contributed by atoms with Gasteiger partial charge in [-0.1, -0.05) is 37.1 Å². The van der Waals surface area contributed by atoms with Crippen LogP contribution in [0.3, 0.4) is 0 Å². The number of aromatic nitrogens is 3. The number of nitrogens with zero attached hydrogens (tertiary/aromatic N) is 3. The molecule has 2 aromatic heterocycles. The van der Waals surface area contributed by atoms with Crippen LogP contribution in [0.4, 0.5) is 0 Å². The quantitative estimate of drug-likeness (QED) is 0.781. The van der Waals surface area contributed by atoms with Gasteiger partial charge in [0.2, 0.25) is 11.1 Å². The molecule has 2 aromatic rings. The Labute approximate surface area is 151 Å². The molecule has 1 aliphatic rings. The van der Waals surface area contributed by atoms with Gasteiger partial charge in [0.05, 0.1) is 10.1 Å². The first kappa shape index (κ1) is 17.5. The molecule has 0 bridgehead atoms. The lowest BCUT2D eigenvalue weighted by Crippen LogP contribution is -2.44. The van der Waals surface area contributed by atoms with Gasteiger partial charge in [0.15, 0.2) is 5.82 Å². The normalized spacial score (nSPS) is 16.9. The average Bonchev–Trinajstić information content (AvgIpc) is 3.27. The van der Waals surface area contributed by atoms with E-state index in [1.807, 2.05) is 24.4 Å². The number of hydrogen-bond donors (Lipinski definition) is 1. The molecule has 24 heavy (non-hydrogen) atoms. The van der Waals surface area contributed by atoms with E-state index in [0.717, 1.165) is 30.1 Å². The Morgan fingerprint density at radius 1 is 1.46 bits per heavy atom. The molecule has 1 atom stereocenters. The molecule has 1 saturated carbocycles. The topological polar surface area (TPSA) is 61.9 Å². The van der Waals surface area contributed by atoms with Crippen molar-refractivity contribution >= 4 is 29.0 Å². The fourth-order valence-corrected chi connectivity index (χ4v) is 4.71. The molecule has 1 aliphatic carbocycles. The van der Waals surface area contributed by atoms with Gasteiger partial charge in [-0.3, -0.25) is 9.89 Å². The van der Waals surface area contributed by atoms with Crippen LogP contribution in [0.2, 0.25) is 0 Å². The molecular weight excluding hydrogens is 340 g/mol. The zero-order chi connectivity index (χ0) is 16.9. The Bertz CT molecular complexity index is 649. The van der Waals surface area contributed by atoms with E-state index >= 15 is 0 Å². The van der Waals surface area contributed by atoms with Crippen LogP contribution >= 0.6 is 23.1 Å². The molecule has 1 fully saturated rings. The van der Waals surface area contributed by atoms with Gasteiger partial charge in [0, 0.05) is 12.6 Å². The maximum absolute atomic E-state index is 12.9. The van der Waals surface area contributed by atoms with Crippen LogP contribution in [-0.4, -0.2) is 43.8 Å². The fraction of sp³-hybridized carbons (Fsp3) is 0.588. The van der Waals surface area contributed by atoms with Crippen LogP contribution in [-0.2, 0) is 4.79 Å². The van der Waals surface area contributed by atoms with Crippen LogP contribution in [0, 0.1) is 0 Å². The lowest BCUT2D eigenvalue weighted by atomic mass is 9.94. The molecule has 1 amide bonds. The molecule has 0 saturated heterocycles. The highest BCUT2D eigenvalue weighted by atomic mass is 32.2. The number of thioether (sulfide) groups is 1. The number of amides is 1. The summed E-state index contributed by atoms with van der Waals surface area (Å²) in [7, 11) is 0. The Morgan fingerprint density at radius 2 is 2.25 bits per heavy atom. The van der Waals surface area contributed by atoms with Crippen LogP contribution in [0.1, 0.15) is 46.0 Å². The first-order valence-electron chi connectivity index (χ1n) is 8.62. The summed E-state index contributed by atoms with van der Waals surface area (Å²) in [6, 6.07) is 4.41. The van der Waals surface area contributed by atoms with Crippen molar-refractivity contribution in [1.29, 1.82) is 0 Å². The van der Waals surface area contributed by atoms with Gasteiger partial charge >= 0.3 is 0 Å². The molecule has 1 N–H and O–H groups in total. The molecular formula is C17H24N4OS2. The van der Waals surface area contributed by atoms with Gasteiger partial charge in [-0.05, 0) is 38.1 Å². The van der Waals surface area contributed by atoms with Crippen molar-refractivity contribution in [3.05, 3.63) is 17.5 Å². The maximum Gasteiger partial charge on any atom is 0.236 e. The van der Waals surface area contributed by atoms with E-state index in [4.69, 9.17) is 0 Å². The average molecular weight is 365 g/mol. The van der Waals surface area contributed by atoms with Crippen LogP contribution in [0.25, 0.3) is 10.7 Å². The minimum absolute atomic E-state index is 0.168. The van der Waals surface area contributed by atoms with E-state index in [1.54, 1.807) is 11.3 Å². The summed E-state index contributed by atoms with van der Waals surface area (Å²) >= 11 is 3.06. The second-order valence-corrected chi connectivity index (χ2v) is 8.38. The summed E-state index contributed by atoms with van der Waals surface area (Å²) in [5.41, 5.74) is 0. The number of hydrogen-bond acceptors (Lipinski definition) is 5. The van der Waals surface area contributed by atoms with E-state index < -0.39 is 0 Å². The van der Waals surface area contributed by atoms with Crippen molar-refractivity contribution in [1.82, 2.24) is 20.1 Å². The van der Waals surface area contributed by atoms with Gasteiger partial charge in [0.1, 0.15) is 0 Å². The summed E-state index contributed by atoms with van der Waals surface area (Å²) in [6.45, 7) is 4.81. The summed E-state index contributed by atoms with van der Waals surface area (Å²) in [5, 5.41) is 9.70. The highest BCUT2D eigenvalue weighted by Gasteiger charge is 2.28. The lowest BCUT2D eigenvalue weighted by molar-refractivity contribution is -0.133. The Hall–Kier alpha value is -1.34. The zero-order valence-electron chi connectivity index (χ0n) is 14.2. The van der Waals surface area contributed by atoms with Crippen molar-refractivity contribution in [3.8, 4) is 10.7 Å². The van der Waals surface area contributed by atoms with Gasteiger partial charge in [-0.25, -0.2) is 4.98 Å². The van der Waals surface area contributed by atoms with E-state index in [0.29, 0.717) is 11.2 Å². The molecule has 0 spiro atoms. The van der Waals surface area contributed by atoms with Gasteiger partial charge in [-0.15, -0.1) is 16.4 Å². The smallest absolute Gasteiger partial charge is 0.236 e. The van der Waals surface area contributed by atoms with Gasteiger partial charge in [-0.2, -0.15) is 0 Å². The van der Waals surface area contributed by atoms with Crippen LogP contribution in [0.5, 0.6) is 0 Å². The summed E-state index contributed by atoms with van der Waals surface area (Å²) in [6.07, 6.45) is 6.05. The molecule has 5 nitrogen and oxygen atoms in total. The highest BCUT2D eigenvalue weighted by Crippen LogP contribution is 2.28. The van der Waals surface area contributed by atoms with Gasteiger partial charge < -0.3 is 4.90 Å². The van der Waals surface area contributed by atoms with Crippen LogP contribution in [0.15, 0.2) is 22.7 Å². The third-order valence-corrected chi connectivity index (χ3v) is 6.31. The number of aromatic amines is 1. The summed E-state index contributed by atoms with van der Waals surface area (Å²) < 4.78 is 0.